The van der Waals surface area contributed by atoms with Crippen LogP contribution in [0.1, 0.15) is 50.2 Å². The van der Waals surface area contributed by atoms with E-state index >= 15 is 0 Å². The lowest BCUT2D eigenvalue weighted by Gasteiger charge is -2.25. The van der Waals surface area contributed by atoms with Gasteiger partial charge in [0.25, 0.3) is 0 Å². The predicted octanol–water partition coefficient (Wildman–Crippen LogP) is 3.69. The van der Waals surface area contributed by atoms with Crippen LogP contribution in [0, 0.1) is 18.3 Å². The smallest absolute Gasteiger partial charge is 0.124 e. The standard InChI is InChI=1S/C17H27N3/c1-3-5-14-6-4-10-20(11-9-14)16-8-7-13(2)12-15(16)17(18)19/h7-8,12,14H,3-6,9-11H2,1-2H3,(H3,18,19). The molecule has 1 aliphatic heterocycles. The van der Waals surface area contributed by atoms with Gasteiger partial charge in [-0.05, 0) is 44.2 Å². The van der Waals surface area contributed by atoms with Crippen molar-refractivity contribution in [2.75, 3.05) is 18.0 Å². The molecule has 1 saturated heterocycles. The summed E-state index contributed by atoms with van der Waals surface area (Å²) < 4.78 is 0. The Kier molecular flexibility index (Phi) is 5.05. The lowest BCUT2D eigenvalue weighted by atomic mass is 9.96. The first-order chi connectivity index (χ1) is 9.61. The average Bonchev–Trinajstić information content (AvgIpc) is 2.65. The maximum absolute atomic E-state index is 7.80. The van der Waals surface area contributed by atoms with Crippen LogP contribution >= 0.6 is 0 Å². The van der Waals surface area contributed by atoms with Crippen LogP contribution in [0.5, 0.6) is 0 Å². The Morgan fingerprint density at radius 3 is 2.85 bits per heavy atom. The minimum absolute atomic E-state index is 0.179. The van der Waals surface area contributed by atoms with E-state index in [0.29, 0.717) is 0 Å². The van der Waals surface area contributed by atoms with Gasteiger partial charge in [0, 0.05) is 24.3 Å². The number of nitrogens with one attached hydrogen (secondary N) is 1. The molecule has 1 aromatic carbocycles. The average molecular weight is 273 g/mol. The van der Waals surface area contributed by atoms with Gasteiger partial charge in [-0.1, -0.05) is 31.4 Å². The Hall–Kier alpha value is -1.51. The molecule has 2 rings (SSSR count). The van der Waals surface area contributed by atoms with Crippen molar-refractivity contribution < 1.29 is 0 Å². The molecule has 1 aliphatic rings. The van der Waals surface area contributed by atoms with Crippen molar-refractivity contribution in [1.29, 1.82) is 5.41 Å². The molecular formula is C17H27N3. The van der Waals surface area contributed by atoms with Crippen LogP contribution < -0.4 is 10.6 Å². The van der Waals surface area contributed by atoms with Crippen molar-refractivity contribution in [2.45, 2.75) is 46.0 Å². The Labute approximate surface area is 122 Å². The van der Waals surface area contributed by atoms with Crippen molar-refractivity contribution in [3.63, 3.8) is 0 Å². The van der Waals surface area contributed by atoms with Crippen molar-refractivity contribution in [3.8, 4) is 0 Å². The second-order valence-corrected chi connectivity index (χ2v) is 6.01. The monoisotopic (exact) mass is 273 g/mol. The Bertz CT molecular complexity index is 467. The second kappa shape index (κ2) is 6.78. The van der Waals surface area contributed by atoms with Gasteiger partial charge < -0.3 is 10.6 Å². The third kappa shape index (κ3) is 3.53. The van der Waals surface area contributed by atoms with Crippen LogP contribution in [0.15, 0.2) is 18.2 Å². The maximum atomic E-state index is 7.80. The number of amidine groups is 1. The zero-order valence-corrected chi connectivity index (χ0v) is 12.8. The Morgan fingerprint density at radius 1 is 1.35 bits per heavy atom. The number of nitrogens with two attached hydrogens (primary N) is 1. The molecule has 0 saturated carbocycles. The van der Waals surface area contributed by atoms with E-state index in [4.69, 9.17) is 11.1 Å². The highest BCUT2D eigenvalue weighted by molar-refractivity contribution is 6.00. The van der Waals surface area contributed by atoms with Crippen LogP contribution in [0.25, 0.3) is 0 Å². The van der Waals surface area contributed by atoms with Crippen molar-refractivity contribution >= 4 is 11.5 Å². The molecule has 0 amide bonds. The van der Waals surface area contributed by atoms with E-state index in [2.05, 4.69) is 30.9 Å². The molecule has 1 unspecified atom stereocenters. The molecule has 1 heterocycles. The van der Waals surface area contributed by atoms with E-state index in [9.17, 15) is 0 Å². The van der Waals surface area contributed by atoms with Gasteiger partial charge in [-0.2, -0.15) is 0 Å². The number of benzene rings is 1. The first-order valence-corrected chi connectivity index (χ1v) is 7.81. The molecule has 3 N–H and O–H groups in total. The molecule has 1 aromatic rings. The minimum atomic E-state index is 0.179. The van der Waals surface area contributed by atoms with Crippen LogP contribution in [-0.4, -0.2) is 18.9 Å². The number of nitrogens with zero attached hydrogens (tertiary/aromatic N) is 1. The summed E-state index contributed by atoms with van der Waals surface area (Å²) in [5.74, 6) is 1.05. The predicted molar refractivity (Wildman–Crippen MR) is 86.7 cm³/mol. The van der Waals surface area contributed by atoms with E-state index in [0.717, 1.165) is 35.8 Å². The fourth-order valence-electron chi connectivity index (χ4n) is 3.24. The molecule has 0 aliphatic carbocycles. The highest BCUT2D eigenvalue weighted by Gasteiger charge is 2.19. The molecule has 0 bridgehead atoms. The summed E-state index contributed by atoms with van der Waals surface area (Å²) in [7, 11) is 0. The van der Waals surface area contributed by atoms with Gasteiger partial charge >= 0.3 is 0 Å². The van der Waals surface area contributed by atoms with Gasteiger partial charge in [-0.3, -0.25) is 5.41 Å². The van der Waals surface area contributed by atoms with Gasteiger partial charge in [0.15, 0.2) is 0 Å². The molecular weight excluding hydrogens is 246 g/mol. The summed E-state index contributed by atoms with van der Waals surface area (Å²) in [6.07, 6.45) is 6.48. The van der Waals surface area contributed by atoms with Crippen molar-refractivity contribution in [3.05, 3.63) is 29.3 Å². The first-order valence-electron chi connectivity index (χ1n) is 7.81. The van der Waals surface area contributed by atoms with Gasteiger partial charge in [0.05, 0.1) is 0 Å². The summed E-state index contributed by atoms with van der Waals surface area (Å²) in [5, 5.41) is 7.80. The van der Waals surface area contributed by atoms with E-state index in [-0.39, 0.29) is 5.84 Å². The summed E-state index contributed by atoms with van der Waals surface area (Å²) in [6.45, 7) is 6.50. The molecule has 0 radical (unpaired) electrons. The van der Waals surface area contributed by atoms with Crippen LogP contribution in [0.3, 0.4) is 0 Å². The van der Waals surface area contributed by atoms with Crippen molar-refractivity contribution in [1.82, 2.24) is 0 Å². The Balaban J connectivity index is 2.17. The number of hydrogen-bond acceptors (Lipinski definition) is 2. The SMILES string of the molecule is CCCC1CCCN(c2ccc(C)cc2C(=N)N)CC1. The third-order valence-electron chi connectivity index (χ3n) is 4.33. The Morgan fingerprint density at radius 2 is 2.15 bits per heavy atom. The minimum Gasteiger partial charge on any atom is -0.384 e. The highest BCUT2D eigenvalue weighted by Crippen LogP contribution is 2.28. The first kappa shape index (κ1) is 14.9. The van der Waals surface area contributed by atoms with Crippen LogP contribution in [0.4, 0.5) is 5.69 Å². The number of aryl methyl sites for hydroxylation is 1. The van der Waals surface area contributed by atoms with E-state index in [1.165, 1.54) is 32.1 Å². The zero-order valence-electron chi connectivity index (χ0n) is 12.8. The number of anilines is 1. The fourth-order valence-corrected chi connectivity index (χ4v) is 3.24. The summed E-state index contributed by atoms with van der Waals surface area (Å²) in [6, 6.07) is 6.29. The summed E-state index contributed by atoms with van der Waals surface area (Å²) >= 11 is 0. The number of hydrogen-bond donors (Lipinski definition) is 2. The van der Waals surface area contributed by atoms with Crippen molar-refractivity contribution in [2.24, 2.45) is 11.7 Å². The molecule has 20 heavy (non-hydrogen) atoms. The fraction of sp³-hybridized carbons (Fsp3) is 0.588. The van der Waals surface area contributed by atoms with E-state index < -0.39 is 0 Å². The van der Waals surface area contributed by atoms with Gasteiger partial charge in [-0.25, -0.2) is 0 Å². The maximum Gasteiger partial charge on any atom is 0.124 e. The van der Waals surface area contributed by atoms with Crippen LogP contribution in [-0.2, 0) is 0 Å². The summed E-state index contributed by atoms with van der Waals surface area (Å²) in [4.78, 5) is 2.42. The molecule has 3 nitrogen and oxygen atoms in total. The van der Waals surface area contributed by atoms with Gasteiger partial charge in [0.1, 0.15) is 5.84 Å². The normalized spacial score (nSPS) is 19.7. The quantitative estimate of drug-likeness (QED) is 0.649. The largest absolute Gasteiger partial charge is 0.384 e. The molecule has 110 valence electrons. The zero-order chi connectivity index (χ0) is 14.5. The topological polar surface area (TPSA) is 53.1 Å². The molecule has 1 fully saturated rings. The lowest BCUT2D eigenvalue weighted by Crippen LogP contribution is -2.27. The number of rotatable bonds is 4. The molecule has 3 heteroatoms. The molecule has 1 atom stereocenters. The summed E-state index contributed by atoms with van der Waals surface area (Å²) in [5.41, 5.74) is 8.95. The van der Waals surface area contributed by atoms with Crippen LogP contribution in [0.2, 0.25) is 0 Å². The van der Waals surface area contributed by atoms with Gasteiger partial charge in [0.2, 0.25) is 0 Å². The highest BCUT2D eigenvalue weighted by atomic mass is 15.1. The van der Waals surface area contributed by atoms with E-state index in [1.807, 2.05) is 6.07 Å². The molecule has 0 aromatic heterocycles. The van der Waals surface area contributed by atoms with Gasteiger partial charge in [-0.15, -0.1) is 0 Å². The second-order valence-electron chi connectivity index (χ2n) is 6.01. The lowest BCUT2D eigenvalue weighted by molar-refractivity contribution is 0.435. The third-order valence-corrected chi connectivity index (χ3v) is 4.33. The van der Waals surface area contributed by atoms with E-state index in [1.54, 1.807) is 0 Å². The number of nitrogen functional groups attached to an aromatic ring is 1. The molecule has 0 spiro atoms.